The molecule has 1 aromatic rings. The van der Waals surface area contributed by atoms with Gasteiger partial charge in [-0.2, -0.15) is 0 Å². The number of para-hydroxylation sites is 2. The summed E-state index contributed by atoms with van der Waals surface area (Å²) in [6, 6.07) is 7.50. The maximum absolute atomic E-state index is 11.6. The lowest BCUT2D eigenvalue weighted by Crippen LogP contribution is -2.23. The van der Waals surface area contributed by atoms with Crippen LogP contribution in [0.15, 0.2) is 53.7 Å². The summed E-state index contributed by atoms with van der Waals surface area (Å²) in [6.45, 7) is 7.49. The van der Waals surface area contributed by atoms with Gasteiger partial charge in [-0.05, 0) is 12.1 Å². The van der Waals surface area contributed by atoms with Crippen molar-refractivity contribution >= 4 is 28.2 Å². The first-order valence-electron chi connectivity index (χ1n) is 5.92. The maximum Gasteiger partial charge on any atom is 0.133 e. The Bertz CT molecular complexity index is 580. The van der Waals surface area contributed by atoms with Crippen LogP contribution in [-0.4, -0.2) is 30.4 Å². The minimum atomic E-state index is -1.12. The fourth-order valence-corrected chi connectivity index (χ4v) is 1.97. The Hall–Kier alpha value is -2.08. The first-order chi connectivity index (χ1) is 9.38. The van der Waals surface area contributed by atoms with Crippen molar-refractivity contribution in [1.29, 1.82) is 0 Å². The van der Waals surface area contributed by atoms with Crippen molar-refractivity contribution in [3.8, 4) is 0 Å². The molecule has 0 spiro atoms. The van der Waals surface area contributed by atoms with Crippen molar-refractivity contribution in [3.05, 3.63) is 48.7 Å². The second kappa shape index (κ2) is 6.91. The van der Waals surface area contributed by atoms with Crippen molar-refractivity contribution in [2.45, 2.75) is 0 Å². The van der Waals surface area contributed by atoms with Crippen LogP contribution in [0.4, 0.5) is 11.4 Å². The van der Waals surface area contributed by atoms with Gasteiger partial charge in [0.25, 0.3) is 0 Å². The molecule has 1 aromatic carbocycles. The molecule has 5 nitrogen and oxygen atoms in total. The molecule has 0 saturated carbocycles. The highest BCUT2D eigenvalue weighted by molar-refractivity contribution is 7.85. The number of nitrogens with zero attached hydrogens (tertiary/aromatic N) is 2. The summed E-state index contributed by atoms with van der Waals surface area (Å²) >= 11 is 0. The molecule has 0 saturated heterocycles. The van der Waals surface area contributed by atoms with Crippen molar-refractivity contribution in [1.82, 2.24) is 0 Å². The molecule has 108 valence electrons. The van der Waals surface area contributed by atoms with Gasteiger partial charge >= 0.3 is 0 Å². The molecular formula is C14H20N4OS. The normalized spacial score (nSPS) is 12.7. The standard InChI is InChI=1S/C14H20N4OS/c1-10(11(2)15)14(16-3)17-12-8-6-7-9-13(12)18(4)20(5)19/h6-9H,1-2,15H2,3-5H3,(H,16,17). The van der Waals surface area contributed by atoms with E-state index in [1.54, 1.807) is 24.7 Å². The third-order valence-corrected chi connectivity index (χ3v) is 3.75. The first kappa shape index (κ1) is 16.0. The largest absolute Gasteiger partial charge is 0.399 e. The lowest BCUT2D eigenvalue weighted by molar-refractivity contribution is 0.685. The zero-order valence-corrected chi connectivity index (χ0v) is 12.8. The van der Waals surface area contributed by atoms with E-state index in [9.17, 15) is 4.21 Å². The van der Waals surface area contributed by atoms with Crippen LogP contribution < -0.4 is 15.4 Å². The fraction of sp³-hybridized carbons (Fsp3) is 0.214. The quantitative estimate of drug-likeness (QED) is 0.494. The van der Waals surface area contributed by atoms with Gasteiger partial charge in [-0.25, -0.2) is 4.21 Å². The molecule has 20 heavy (non-hydrogen) atoms. The smallest absolute Gasteiger partial charge is 0.133 e. The predicted octanol–water partition coefficient (Wildman–Crippen LogP) is 1.89. The van der Waals surface area contributed by atoms with E-state index in [1.807, 2.05) is 24.3 Å². The van der Waals surface area contributed by atoms with E-state index in [0.29, 0.717) is 17.1 Å². The van der Waals surface area contributed by atoms with Gasteiger partial charge in [-0.1, -0.05) is 25.3 Å². The third-order valence-electron chi connectivity index (χ3n) is 2.78. The number of aliphatic imine (C=N–C) groups is 1. The van der Waals surface area contributed by atoms with Gasteiger partial charge < -0.3 is 11.1 Å². The molecule has 0 heterocycles. The minimum Gasteiger partial charge on any atom is -0.399 e. The van der Waals surface area contributed by atoms with Crippen LogP contribution in [0.3, 0.4) is 0 Å². The number of benzene rings is 1. The molecule has 0 aliphatic heterocycles. The van der Waals surface area contributed by atoms with Gasteiger partial charge in [0.15, 0.2) is 0 Å². The molecule has 1 atom stereocenters. The van der Waals surface area contributed by atoms with E-state index >= 15 is 0 Å². The Morgan fingerprint density at radius 1 is 1.40 bits per heavy atom. The molecule has 0 aliphatic rings. The van der Waals surface area contributed by atoms with Crippen LogP contribution in [0.25, 0.3) is 0 Å². The lowest BCUT2D eigenvalue weighted by Gasteiger charge is -2.21. The summed E-state index contributed by atoms with van der Waals surface area (Å²) in [6.07, 6.45) is 1.62. The fourth-order valence-electron chi connectivity index (χ4n) is 1.54. The number of hydrogen-bond donors (Lipinski definition) is 2. The third kappa shape index (κ3) is 3.71. The minimum absolute atomic E-state index is 0.350. The van der Waals surface area contributed by atoms with Gasteiger partial charge in [0, 0.05) is 31.6 Å². The van der Waals surface area contributed by atoms with E-state index in [-0.39, 0.29) is 0 Å². The van der Waals surface area contributed by atoms with Crippen LogP contribution in [0.5, 0.6) is 0 Å². The van der Waals surface area contributed by atoms with E-state index in [0.717, 1.165) is 11.4 Å². The molecule has 0 amide bonds. The predicted molar refractivity (Wildman–Crippen MR) is 88.4 cm³/mol. The molecule has 0 fully saturated rings. The molecule has 1 rings (SSSR count). The Balaban J connectivity index is 3.12. The van der Waals surface area contributed by atoms with Crippen LogP contribution in [0.2, 0.25) is 0 Å². The summed E-state index contributed by atoms with van der Waals surface area (Å²) in [5.74, 6) is 0.528. The van der Waals surface area contributed by atoms with E-state index in [2.05, 4.69) is 23.5 Å². The van der Waals surface area contributed by atoms with Gasteiger partial charge in [0.1, 0.15) is 16.8 Å². The molecule has 0 bridgehead atoms. The molecule has 1 unspecified atom stereocenters. The lowest BCUT2D eigenvalue weighted by atomic mass is 10.2. The number of amidine groups is 1. The number of nitrogens with one attached hydrogen (secondary N) is 1. The van der Waals surface area contributed by atoms with Gasteiger partial charge in [-0.15, -0.1) is 0 Å². The van der Waals surface area contributed by atoms with Crippen molar-refractivity contribution in [3.63, 3.8) is 0 Å². The zero-order valence-electron chi connectivity index (χ0n) is 12.0. The summed E-state index contributed by atoms with van der Waals surface area (Å²) in [5, 5.41) is 3.15. The molecule has 3 N–H and O–H groups in total. The van der Waals surface area contributed by atoms with E-state index < -0.39 is 11.0 Å². The monoisotopic (exact) mass is 292 g/mol. The summed E-state index contributed by atoms with van der Waals surface area (Å²) in [5.41, 5.74) is 8.09. The van der Waals surface area contributed by atoms with Crippen LogP contribution >= 0.6 is 0 Å². The number of nitrogens with two attached hydrogens (primary N) is 1. The number of rotatable bonds is 5. The second-order valence-corrected chi connectivity index (χ2v) is 5.53. The average molecular weight is 292 g/mol. The van der Waals surface area contributed by atoms with Crippen LogP contribution in [0.1, 0.15) is 0 Å². The molecule has 0 aliphatic carbocycles. The molecular weight excluding hydrogens is 272 g/mol. The Kier molecular flexibility index (Phi) is 5.52. The Morgan fingerprint density at radius 3 is 2.50 bits per heavy atom. The number of anilines is 2. The topological polar surface area (TPSA) is 70.7 Å². The van der Waals surface area contributed by atoms with Gasteiger partial charge in [0.05, 0.1) is 11.4 Å². The maximum atomic E-state index is 11.6. The second-order valence-electron chi connectivity index (χ2n) is 4.14. The highest BCUT2D eigenvalue weighted by Crippen LogP contribution is 2.26. The van der Waals surface area contributed by atoms with Crippen LogP contribution in [-0.2, 0) is 11.0 Å². The van der Waals surface area contributed by atoms with Gasteiger partial charge in [-0.3, -0.25) is 9.30 Å². The van der Waals surface area contributed by atoms with Gasteiger partial charge in [0.2, 0.25) is 0 Å². The van der Waals surface area contributed by atoms with Crippen LogP contribution in [0, 0.1) is 0 Å². The molecule has 0 radical (unpaired) electrons. The zero-order chi connectivity index (χ0) is 15.3. The number of hydrogen-bond acceptors (Lipinski definition) is 3. The SMILES string of the molecule is C=C(N)C(=C)C(=NC)Nc1ccccc1N(C)S(C)=O. The molecule has 0 aromatic heterocycles. The summed E-state index contributed by atoms with van der Waals surface area (Å²) in [4.78, 5) is 4.12. The first-order valence-corrected chi connectivity index (χ1v) is 7.44. The van der Waals surface area contributed by atoms with Crippen molar-refractivity contribution < 1.29 is 4.21 Å². The Morgan fingerprint density at radius 2 is 2.00 bits per heavy atom. The summed E-state index contributed by atoms with van der Waals surface area (Å²) < 4.78 is 13.3. The summed E-state index contributed by atoms with van der Waals surface area (Å²) in [7, 11) is 2.28. The van der Waals surface area contributed by atoms with E-state index in [4.69, 9.17) is 5.73 Å². The van der Waals surface area contributed by atoms with Crippen molar-refractivity contribution in [2.75, 3.05) is 30.0 Å². The average Bonchev–Trinajstić information content (AvgIpc) is 2.43. The highest BCUT2D eigenvalue weighted by atomic mass is 32.2. The van der Waals surface area contributed by atoms with Crippen molar-refractivity contribution in [2.24, 2.45) is 10.7 Å². The Labute approximate surface area is 122 Å². The highest BCUT2D eigenvalue weighted by Gasteiger charge is 2.12. The van der Waals surface area contributed by atoms with E-state index in [1.165, 1.54) is 0 Å². The molecule has 6 heteroatoms.